The van der Waals surface area contributed by atoms with E-state index in [0.29, 0.717) is 32.0 Å². The maximum atomic E-state index is 14.0. The summed E-state index contributed by atoms with van der Waals surface area (Å²) in [5, 5.41) is 25.3. The molecule has 0 saturated carbocycles. The van der Waals surface area contributed by atoms with Crippen LogP contribution in [0.2, 0.25) is 0 Å². The lowest BCUT2D eigenvalue weighted by atomic mass is 9.80. The molecule has 2 spiro atoms. The molecule has 14 nitrogen and oxygen atoms in total. The SMILES string of the molecule is CCC=CC1CCC2(CC3CCC4C(C(=O)OCCCCCCCCCCCCCCC5OC(O)(CCN)C(O)N(CCCN)C5=O)C5(CCCC(C)O5)N=C(N2)N34)O1. The van der Waals surface area contributed by atoms with Crippen molar-refractivity contribution in [2.75, 3.05) is 26.2 Å². The van der Waals surface area contributed by atoms with Gasteiger partial charge in [-0.25, -0.2) is 4.99 Å². The average Bonchev–Trinajstić information content (AvgIpc) is 3.81. The summed E-state index contributed by atoms with van der Waals surface area (Å²) in [4.78, 5) is 36.0. The second kappa shape index (κ2) is 21.6. The number of aliphatic hydroxyl groups is 2. The van der Waals surface area contributed by atoms with Crippen molar-refractivity contribution in [2.24, 2.45) is 22.4 Å². The Morgan fingerprint density at radius 2 is 1.64 bits per heavy atom. The first-order valence-corrected chi connectivity index (χ1v) is 23.7. The number of aliphatic hydroxyl groups excluding tert-OH is 1. The normalized spacial score (nSPS) is 35.5. The molecule has 7 N–H and O–H groups in total. The molecule has 14 heteroatoms. The number of amides is 1. The molecule has 0 aromatic heterocycles. The summed E-state index contributed by atoms with van der Waals surface area (Å²) < 4.78 is 25.2. The first-order chi connectivity index (χ1) is 28.6. The third kappa shape index (κ3) is 11.2. The number of hydrogen-bond acceptors (Lipinski definition) is 13. The predicted molar refractivity (Wildman–Crippen MR) is 227 cm³/mol. The number of hydrogen-bond donors (Lipinski definition) is 5. The molecule has 6 aliphatic heterocycles. The Morgan fingerprint density at radius 1 is 0.932 bits per heavy atom. The van der Waals surface area contributed by atoms with Crippen LogP contribution in [0.1, 0.15) is 168 Å². The Labute approximate surface area is 353 Å². The van der Waals surface area contributed by atoms with E-state index in [-0.39, 0.29) is 49.6 Å². The van der Waals surface area contributed by atoms with Crippen LogP contribution in [0, 0.1) is 5.92 Å². The molecule has 10 atom stereocenters. The zero-order valence-corrected chi connectivity index (χ0v) is 36.3. The molecular formula is C45H78N6O8. The van der Waals surface area contributed by atoms with E-state index in [2.05, 4.69) is 36.2 Å². The highest BCUT2D eigenvalue weighted by atomic mass is 16.7. The van der Waals surface area contributed by atoms with E-state index in [0.717, 1.165) is 109 Å². The fraction of sp³-hybridized carbons (Fsp3) is 0.889. The molecule has 10 unspecified atom stereocenters. The van der Waals surface area contributed by atoms with Gasteiger partial charge in [0.2, 0.25) is 5.79 Å². The van der Waals surface area contributed by atoms with Crippen molar-refractivity contribution in [3.63, 3.8) is 0 Å². The first-order valence-electron chi connectivity index (χ1n) is 23.7. The van der Waals surface area contributed by atoms with Crippen molar-refractivity contribution in [3.8, 4) is 0 Å². The van der Waals surface area contributed by atoms with Gasteiger partial charge in [0, 0.05) is 25.4 Å². The van der Waals surface area contributed by atoms with Crippen LogP contribution in [0.5, 0.6) is 0 Å². The fourth-order valence-electron chi connectivity index (χ4n) is 10.8. The highest BCUT2D eigenvalue weighted by Crippen LogP contribution is 2.50. The maximum Gasteiger partial charge on any atom is 0.316 e. The van der Waals surface area contributed by atoms with Crippen molar-refractivity contribution in [1.29, 1.82) is 0 Å². The largest absolute Gasteiger partial charge is 0.465 e. The van der Waals surface area contributed by atoms with Crippen LogP contribution >= 0.6 is 0 Å². The Kier molecular flexibility index (Phi) is 16.9. The number of nitrogens with two attached hydrogens (primary N) is 2. The topological polar surface area (TPSA) is 194 Å². The van der Waals surface area contributed by atoms with E-state index in [4.69, 9.17) is 35.4 Å². The number of esters is 1. The van der Waals surface area contributed by atoms with Crippen molar-refractivity contribution in [2.45, 2.75) is 222 Å². The highest BCUT2D eigenvalue weighted by Gasteiger charge is 2.62. The molecule has 0 aromatic rings. The van der Waals surface area contributed by atoms with Crippen LogP contribution < -0.4 is 16.8 Å². The molecule has 6 heterocycles. The number of nitrogens with one attached hydrogen (secondary N) is 1. The van der Waals surface area contributed by atoms with Crippen LogP contribution in [-0.2, 0) is 28.5 Å². The number of morpholine rings is 1. The molecule has 336 valence electrons. The van der Waals surface area contributed by atoms with Crippen molar-refractivity contribution in [1.82, 2.24) is 15.1 Å². The van der Waals surface area contributed by atoms with E-state index < -0.39 is 35.5 Å². The van der Waals surface area contributed by atoms with Gasteiger partial charge in [-0.2, -0.15) is 0 Å². The molecule has 0 radical (unpaired) electrons. The van der Waals surface area contributed by atoms with Gasteiger partial charge in [0.05, 0.1) is 24.9 Å². The number of unbranched alkanes of at least 4 members (excludes halogenated alkanes) is 11. The molecule has 5 fully saturated rings. The van der Waals surface area contributed by atoms with Gasteiger partial charge in [0.15, 0.2) is 17.9 Å². The quantitative estimate of drug-likeness (QED) is 0.0496. The van der Waals surface area contributed by atoms with Gasteiger partial charge in [-0.3, -0.25) is 9.59 Å². The van der Waals surface area contributed by atoms with Crippen molar-refractivity contribution < 1.29 is 38.7 Å². The first kappa shape index (κ1) is 46.2. The van der Waals surface area contributed by atoms with Crippen molar-refractivity contribution in [3.05, 3.63) is 12.2 Å². The molecule has 0 aromatic carbocycles. The van der Waals surface area contributed by atoms with Crippen LogP contribution in [0.3, 0.4) is 0 Å². The second-order valence-corrected chi connectivity index (χ2v) is 18.4. The smallest absolute Gasteiger partial charge is 0.316 e. The molecule has 6 rings (SSSR count). The number of carbonyl (C=O) groups excluding carboxylic acids is 2. The number of rotatable bonds is 23. The van der Waals surface area contributed by atoms with E-state index in [9.17, 15) is 19.8 Å². The lowest BCUT2D eigenvalue weighted by molar-refractivity contribution is -0.325. The van der Waals surface area contributed by atoms with Crippen LogP contribution in [0.4, 0.5) is 0 Å². The van der Waals surface area contributed by atoms with Crippen molar-refractivity contribution >= 4 is 17.8 Å². The van der Waals surface area contributed by atoms with Gasteiger partial charge < -0.3 is 55.7 Å². The third-order valence-corrected chi connectivity index (χ3v) is 13.8. The molecule has 0 aliphatic carbocycles. The van der Waals surface area contributed by atoms with Crippen LogP contribution in [0.25, 0.3) is 0 Å². The number of ether oxygens (including phenoxy) is 4. The lowest BCUT2D eigenvalue weighted by Crippen LogP contribution is -2.70. The van der Waals surface area contributed by atoms with Gasteiger partial charge in [-0.05, 0) is 90.6 Å². The van der Waals surface area contributed by atoms with Crippen LogP contribution in [-0.4, -0.2) is 118 Å². The van der Waals surface area contributed by atoms with E-state index in [1.807, 2.05) is 0 Å². The number of allylic oxidation sites excluding steroid dienone is 1. The van der Waals surface area contributed by atoms with Gasteiger partial charge in [0.1, 0.15) is 17.7 Å². The van der Waals surface area contributed by atoms with Gasteiger partial charge in [-0.15, -0.1) is 0 Å². The molecule has 5 saturated heterocycles. The van der Waals surface area contributed by atoms with Gasteiger partial charge in [-0.1, -0.05) is 89.7 Å². The average molecular weight is 831 g/mol. The standard InChI is InChI=1S/C45H78N6O8/c1-3-4-20-35-24-26-43(58-35)32-34-22-23-36-38(44(25-17-19-33(2)57-44)49-42(48-43)51(34)36)40(53)56-31-16-14-12-10-8-6-5-7-9-11-13-15-21-37-39(52)50(30-18-28-46)41(54)45(55,59-37)27-29-47/h4,20,33-38,41,54-55H,3,5-19,21-32,46-47H2,1-2H3,(H,48,49). The summed E-state index contributed by atoms with van der Waals surface area (Å²) in [5.74, 6) is -1.86. The minimum Gasteiger partial charge on any atom is -0.465 e. The van der Waals surface area contributed by atoms with E-state index in [1.165, 1.54) is 37.0 Å². The minimum atomic E-state index is -1.85. The monoisotopic (exact) mass is 831 g/mol. The minimum absolute atomic E-state index is 0.0210. The molecule has 6 aliphatic rings. The zero-order chi connectivity index (χ0) is 41.9. The molecule has 0 bridgehead atoms. The Hall–Kier alpha value is -2.33. The Morgan fingerprint density at radius 3 is 2.32 bits per heavy atom. The summed E-state index contributed by atoms with van der Waals surface area (Å²) in [5.41, 5.74) is 9.98. The molecule has 1 amide bonds. The summed E-state index contributed by atoms with van der Waals surface area (Å²) in [6.07, 6.45) is 25.1. The zero-order valence-electron chi connectivity index (χ0n) is 36.3. The van der Waals surface area contributed by atoms with Crippen LogP contribution in [0.15, 0.2) is 17.1 Å². The fourth-order valence-corrected chi connectivity index (χ4v) is 10.8. The summed E-state index contributed by atoms with van der Waals surface area (Å²) in [7, 11) is 0. The van der Waals surface area contributed by atoms with Gasteiger partial charge in [0.25, 0.3) is 5.91 Å². The summed E-state index contributed by atoms with van der Waals surface area (Å²) >= 11 is 0. The van der Waals surface area contributed by atoms with E-state index >= 15 is 0 Å². The Bertz CT molecular complexity index is 1420. The maximum absolute atomic E-state index is 14.0. The predicted octanol–water partition coefficient (Wildman–Crippen LogP) is 5.47. The van der Waals surface area contributed by atoms with E-state index in [1.54, 1.807) is 0 Å². The number of carbonyl (C=O) groups is 2. The Balaban J connectivity index is 0.849. The highest BCUT2D eigenvalue weighted by molar-refractivity contribution is 5.87. The number of guanidine groups is 1. The lowest BCUT2D eigenvalue weighted by Gasteiger charge is -2.54. The molecular weight excluding hydrogens is 753 g/mol. The number of aliphatic imine (C=N–C) groups is 1. The second-order valence-electron chi connectivity index (χ2n) is 18.4. The third-order valence-electron chi connectivity index (χ3n) is 13.8. The number of nitrogens with zero attached hydrogens (tertiary/aromatic N) is 3. The van der Waals surface area contributed by atoms with Gasteiger partial charge >= 0.3 is 5.97 Å². The summed E-state index contributed by atoms with van der Waals surface area (Å²) in [6, 6.07) is 0.318. The molecule has 59 heavy (non-hydrogen) atoms. The summed E-state index contributed by atoms with van der Waals surface area (Å²) in [6.45, 7) is 5.51.